The molecule has 0 saturated carbocycles. The first kappa shape index (κ1) is 27.6. The van der Waals surface area contributed by atoms with Crippen molar-refractivity contribution < 1.29 is 4.39 Å². The Labute approximate surface area is 220 Å². The van der Waals surface area contributed by atoms with E-state index in [9.17, 15) is 4.39 Å². The number of aromatic nitrogens is 2. The van der Waals surface area contributed by atoms with E-state index >= 15 is 0 Å². The Hall–Kier alpha value is -1.97. The van der Waals surface area contributed by atoms with Crippen molar-refractivity contribution in [3.05, 3.63) is 69.7 Å². The molecule has 5 heteroatoms. The highest BCUT2D eigenvalue weighted by molar-refractivity contribution is 6.34. The van der Waals surface area contributed by atoms with Crippen LogP contribution in [0.4, 0.5) is 4.39 Å². The van der Waals surface area contributed by atoms with Gasteiger partial charge in [0.25, 0.3) is 0 Å². The lowest BCUT2D eigenvalue weighted by atomic mass is 9.99. The zero-order chi connectivity index (χ0) is 25.0. The minimum absolute atomic E-state index is 0.191. The van der Waals surface area contributed by atoms with Crippen LogP contribution in [0.15, 0.2) is 42.5 Å². The van der Waals surface area contributed by atoms with Crippen molar-refractivity contribution in [2.45, 2.75) is 90.9 Å². The van der Waals surface area contributed by atoms with E-state index in [1.165, 1.54) is 38.5 Å². The van der Waals surface area contributed by atoms with Crippen LogP contribution in [0, 0.1) is 5.82 Å². The van der Waals surface area contributed by atoms with Gasteiger partial charge < -0.3 is 0 Å². The largest absolute Gasteiger partial charge is 0.216 e. The molecule has 1 heterocycles. The number of aryl methyl sites for hydroxylation is 1. The van der Waals surface area contributed by atoms with Crippen LogP contribution < -0.4 is 0 Å². The fourth-order valence-corrected chi connectivity index (χ4v) is 4.93. The Balaban J connectivity index is 1.64. The molecule has 0 fully saturated rings. The molecule has 0 amide bonds. The number of nitrogens with zero attached hydrogens (tertiary/aromatic N) is 2. The van der Waals surface area contributed by atoms with Crippen molar-refractivity contribution in [1.29, 1.82) is 0 Å². The Morgan fingerprint density at radius 3 is 1.83 bits per heavy atom. The van der Waals surface area contributed by atoms with Crippen LogP contribution in [0.3, 0.4) is 0 Å². The molecule has 2 aromatic carbocycles. The first-order valence-corrected chi connectivity index (χ1v) is 13.9. The average Bonchev–Trinajstić information content (AvgIpc) is 2.85. The highest BCUT2D eigenvalue weighted by Gasteiger charge is 2.14. The Morgan fingerprint density at radius 2 is 1.20 bits per heavy atom. The topological polar surface area (TPSA) is 25.8 Å². The lowest BCUT2D eigenvalue weighted by molar-refractivity contribution is 0.589. The molecular weight excluding hydrogens is 478 g/mol. The van der Waals surface area contributed by atoms with Crippen LogP contribution in [0.2, 0.25) is 10.3 Å². The van der Waals surface area contributed by atoms with Crippen LogP contribution in [-0.2, 0) is 12.8 Å². The molecule has 0 aliphatic carbocycles. The summed E-state index contributed by atoms with van der Waals surface area (Å²) in [7, 11) is 0. The van der Waals surface area contributed by atoms with E-state index in [0.29, 0.717) is 21.7 Å². The van der Waals surface area contributed by atoms with Crippen molar-refractivity contribution >= 4 is 23.2 Å². The smallest absolute Gasteiger partial charge is 0.162 e. The van der Waals surface area contributed by atoms with E-state index in [-0.39, 0.29) is 5.82 Å². The van der Waals surface area contributed by atoms with Gasteiger partial charge >= 0.3 is 0 Å². The van der Waals surface area contributed by atoms with Gasteiger partial charge in [0, 0.05) is 16.7 Å². The lowest BCUT2D eigenvalue weighted by Gasteiger charge is -2.10. The van der Waals surface area contributed by atoms with Gasteiger partial charge in [-0.05, 0) is 42.9 Å². The molecule has 0 radical (unpaired) electrons. The summed E-state index contributed by atoms with van der Waals surface area (Å²) < 4.78 is 14.8. The second-order valence-electron chi connectivity index (χ2n) is 9.33. The van der Waals surface area contributed by atoms with Gasteiger partial charge in [-0.15, -0.1) is 0 Å². The Kier molecular flexibility index (Phi) is 11.5. The summed E-state index contributed by atoms with van der Waals surface area (Å²) in [6, 6.07) is 13.1. The summed E-state index contributed by atoms with van der Waals surface area (Å²) in [6.07, 6.45) is 13.7. The molecule has 0 saturated heterocycles. The molecule has 0 unspecified atom stereocenters. The SMILES string of the molecule is CCCCCCCCCc1c(Cl)nc(-c2ccc(-c3ccc(CCCCC)cc3F)cc2)nc1Cl. The highest BCUT2D eigenvalue weighted by atomic mass is 35.5. The molecule has 3 rings (SSSR count). The summed E-state index contributed by atoms with van der Waals surface area (Å²) in [5.41, 5.74) is 4.09. The molecule has 3 aromatic rings. The van der Waals surface area contributed by atoms with Crippen LogP contribution in [0.5, 0.6) is 0 Å². The second kappa shape index (κ2) is 14.6. The zero-order valence-corrected chi connectivity index (χ0v) is 22.6. The number of halogens is 3. The molecule has 0 atom stereocenters. The summed E-state index contributed by atoms with van der Waals surface area (Å²) in [5, 5.41) is 0.833. The maximum Gasteiger partial charge on any atom is 0.162 e. The summed E-state index contributed by atoms with van der Waals surface area (Å²) >= 11 is 13.0. The van der Waals surface area contributed by atoms with Gasteiger partial charge in [-0.2, -0.15) is 0 Å². The fraction of sp³-hybridized carbons (Fsp3) is 0.467. The molecule has 35 heavy (non-hydrogen) atoms. The molecule has 0 spiro atoms. The van der Waals surface area contributed by atoms with Crippen LogP contribution >= 0.6 is 23.2 Å². The molecule has 0 aliphatic heterocycles. The molecule has 0 bridgehead atoms. The monoisotopic (exact) mass is 514 g/mol. The number of hydrogen-bond acceptors (Lipinski definition) is 2. The van der Waals surface area contributed by atoms with Crippen molar-refractivity contribution in [2.75, 3.05) is 0 Å². The molecule has 188 valence electrons. The zero-order valence-electron chi connectivity index (χ0n) is 21.1. The molecule has 0 N–H and O–H groups in total. The van der Waals surface area contributed by atoms with Crippen molar-refractivity contribution in [3.8, 4) is 22.5 Å². The van der Waals surface area contributed by atoms with Crippen LogP contribution in [0.25, 0.3) is 22.5 Å². The van der Waals surface area contributed by atoms with Gasteiger partial charge in [-0.25, -0.2) is 14.4 Å². The third kappa shape index (κ3) is 8.29. The average molecular weight is 516 g/mol. The Morgan fingerprint density at radius 1 is 0.657 bits per heavy atom. The molecule has 2 nitrogen and oxygen atoms in total. The van der Waals surface area contributed by atoms with Gasteiger partial charge in [0.15, 0.2) is 5.82 Å². The number of benzene rings is 2. The predicted molar refractivity (Wildman–Crippen MR) is 148 cm³/mol. The minimum Gasteiger partial charge on any atom is -0.216 e. The van der Waals surface area contributed by atoms with E-state index in [1.54, 1.807) is 6.07 Å². The number of unbranched alkanes of at least 4 members (excludes halogenated alkanes) is 8. The van der Waals surface area contributed by atoms with E-state index in [0.717, 1.165) is 60.8 Å². The second-order valence-corrected chi connectivity index (χ2v) is 10.0. The lowest BCUT2D eigenvalue weighted by Crippen LogP contribution is -1.98. The molecular formula is C30H37Cl2FN2. The van der Waals surface area contributed by atoms with E-state index in [4.69, 9.17) is 23.2 Å². The highest BCUT2D eigenvalue weighted by Crippen LogP contribution is 2.30. The maximum absolute atomic E-state index is 14.8. The van der Waals surface area contributed by atoms with Crippen LogP contribution in [0.1, 0.15) is 89.2 Å². The van der Waals surface area contributed by atoms with Crippen molar-refractivity contribution in [3.63, 3.8) is 0 Å². The van der Waals surface area contributed by atoms with Gasteiger partial charge in [0.05, 0.1) is 0 Å². The number of hydrogen-bond donors (Lipinski definition) is 0. The third-order valence-corrected chi connectivity index (χ3v) is 7.12. The van der Waals surface area contributed by atoms with Gasteiger partial charge in [0.2, 0.25) is 0 Å². The van der Waals surface area contributed by atoms with Crippen molar-refractivity contribution in [2.24, 2.45) is 0 Å². The van der Waals surface area contributed by atoms with Gasteiger partial charge in [0.1, 0.15) is 16.1 Å². The van der Waals surface area contributed by atoms with E-state index in [2.05, 4.69) is 23.8 Å². The summed E-state index contributed by atoms with van der Waals surface area (Å²) in [4.78, 5) is 9.01. The van der Waals surface area contributed by atoms with Crippen LogP contribution in [-0.4, -0.2) is 9.97 Å². The number of rotatable bonds is 14. The summed E-state index contributed by atoms with van der Waals surface area (Å²) in [5.74, 6) is 0.297. The normalized spacial score (nSPS) is 11.2. The first-order chi connectivity index (χ1) is 17.0. The predicted octanol–water partition coefficient (Wildman–Crippen LogP) is 10.3. The van der Waals surface area contributed by atoms with E-state index < -0.39 is 0 Å². The third-order valence-electron chi connectivity index (χ3n) is 6.49. The fourth-order valence-electron chi connectivity index (χ4n) is 4.35. The van der Waals surface area contributed by atoms with Gasteiger partial charge in [-0.1, -0.05) is 125 Å². The minimum atomic E-state index is -0.191. The quantitative estimate of drug-likeness (QED) is 0.158. The van der Waals surface area contributed by atoms with E-state index in [1.807, 2.05) is 36.4 Å². The van der Waals surface area contributed by atoms with Crippen molar-refractivity contribution in [1.82, 2.24) is 9.97 Å². The molecule has 1 aromatic heterocycles. The Bertz CT molecular complexity index is 1040. The summed E-state index contributed by atoms with van der Waals surface area (Å²) in [6.45, 7) is 4.40. The molecule has 0 aliphatic rings. The maximum atomic E-state index is 14.8. The standard InChI is InChI=1S/C30H37Cl2FN2/c1-3-5-7-8-9-10-12-14-26-28(31)34-30(35-29(26)32)24-18-16-23(17-19-24)25-20-15-22(21-27(25)33)13-11-6-4-2/h15-21H,3-14H2,1-2H3. The van der Waals surface area contributed by atoms with Gasteiger partial charge in [-0.3, -0.25) is 0 Å². The first-order valence-electron chi connectivity index (χ1n) is 13.1.